The number of aliphatic carboxylic acids is 4. The van der Waals surface area contributed by atoms with Crippen LogP contribution in [0.25, 0.3) is 0 Å². The highest BCUT2D eigenvalue weighted by Crippen LogP contribution is 2.27. The molecule has 46 heavy (non-hydrogen) atoms. The fourth-order valence-corrected chi connectivity index (χ4v) is 3.65. The van der Waals surface area contributed by atoms with Crippen molar-refractivity contribution in [1.29, 1.82) is 0 Å². The van der Waals surface area contributed by atoms with Crippen molar-refractivity contribution in [2.24, 2.45) is 35.1 Å². The molecule has 14 heteroatoms. The smallest absolute Gasteiger partial charge is 0.306 e. The summed E-state index contributed by atoms with van der Waals surface area (Å²) >= 11 is 0. The lowest BCUT2D eigenvalue weighted by Crippen LogP contribution is -2.20. The SMILES string of the molecule is NC(=O)c1ccncc1.NC(=O)c1ccncc1.O=C(O)C1CCC1.O=C(O)C1CCC1.O=C(O)C1CCC1.O=C(O)C1CCC1. The molecule has 4 fully saturated rings. The molecular formula is C32H44N4O10. The first-order valence-corrected chi connectivity index (χ1v) is 15.1. The topological polar surface area (TPSA) is 261 Å². The second-order valence-electron chi connectivity index (χ2n) is 11.1. The summed E-state index contributed by atoms with van der Waals surface area (Å²) in [6.07, 6.45) is 17.7. The number of carboxylic acids is 4. The molecule has 0 saturated heterocycles. The molecule has 0 atom stereocenters. The zero-order valence-electron chi connectivity index (χ0n) is 25.7. The highest BCUT2D eigenvalue weighted by molar-refractivity contribution is 5.92. The summed E-state index contributed by atoms with van der Waals surface area (Å²) in [6.45, 7) is 0. The Bertz CT molecular complexity index is 1100. The fraction of sp³-hybridized carbons (Fsp3) is 0.500. The Balaban J connectivity index is 0.000000277. The van der Waals surface area contributed by atoms with Gasteiger partial charge in [0.1, 0.15) is 0 Å². The molecule has 0 aliphatic heterocycles. The van der Waals surface area contributed by atoms with Crippen LogP contribution in [0.1, 0.15) is 97.8 Å². The first-order chi connectivity index (χ1) is 21.8. The number of amides is 2. The van der Waals surface area contributed by atoms with E-state index in [1.807, 2.05) is 0 Å². The van der Waals surface area contributed by atoms with Crippen LogP contribution >= 0.6 is 0 Å². The lowest BCUT2D eigenvalue weighted by molar-refractivity contribution is -0.145. The molecule has 14 nitrogen and oxygen atoms in total. The molecule has 0 spiro atoms. The van der Waals surface area contributed by atoms with Crippen molar-refractivity contribution >= 4 is 35.7 Å². The van der Waals surface area contributed by atoms with Gasteiger partial charge in [-0.1, -0.05) is 25.7 Å². The Labute approximate surface area is 267 Å². The fourth-order valence-electron chi connectivity index (χ4n) is 3.65. The summed E-state index contributed by atoms with van der Waals surface area (Å²) in [5, 5.41) is 32.9. The minimum atomic E-state index is -0.619. The number of carboxylic acid groups (broad SMARTS) is 4. The Morgan fingerprint density at radius 3 is 0.717 bits per heavy atom. The predicted octanol–water partition coefficient (Wildman–Crippen LogP) is 3.85. The van der Waals surface area contributed by atoms with Crippen LogP contribution in [0.5, 0.6) is 0 Å². The Hall–Kier alpha value is -4.88. The quantitative estimate of drug-likeness (QED) is 0.262. The number of primary amides is 2. The molecule has 4 aliphatic carbocycles. The summed E-state index contributed by atoms with van der Waals surface area (Å²) in [5.41, 5.74) is 10.9. The van der Waals surface area contributed by atoms with Gasteiger partial charge < -0.3 is 31.9 Å². The van der Waals surface area contributed by atoms with Crippen molar-refractivity contribution in [1.82, 2.24) is 9.97 Å². The first-order valence-electron chi connectivity index (χ1n) is 15.1. The summed E-state index contributed by atoms with van der Waals surface area (Å²) in [6, 6.07) is 6.29. The number of carbonyl (C=O) groups is 6. The lowest BCUT2D eigenvalue weighted by Gasteiger charge is -2.19. The summed E-state index contributed by atoms with van der Waals surface area (Å²) in [5.74, 6) is -3.32. The van der Waals surface area contributed by atoms with Gasteiger partial charge in [-0.15, -0.1) is 0 Å². The maximum absolute atomic E-state index is 10.4. The third kappa shape index (κ3) is 16.3. The molecule has 0 radical (unpaired) electrons. The Morgan fingerprint density at radius 1 is 0.457 bits per heavy atom. The van der Waals surface area contributed by atoms with Crippen molar-refractivity contribution in [2.45, 2.75) is 77.0 Å². The van der Waals surface area contributed by atoms with Crippen LogP contribution in [-0.2, 0) is 19.2 Å². The first kappa shape index (κ1) is 39.1. The molecule has 4 saturated carbocycles. The van der Waals surface area contributed by atoms with E-state index in [2.05, 4.69) is 9.97 Å². The number of rotatable bonds is 6. The summed E-state index contributed by atoms with van der Waals surface area (Å²) in [7, 11) is 0. The zero-order chi connectivity index (χ0) is 34.5. The second-order valence-corrected chi connectivity index (χ2v) is 11.1. The molecule has 2 heterocycles. The van der Waals surface area contributed by atoms with Gasteiger partial charge in [0.15, 0.2) is 0 Å². The van der Waals surface area contributed by atoms with E-state index in [9.17, 15) is 28.8 Å². The number of carbonyl (C=O) groups excluding carboxylic acids is 2. The maximum atomic E-state index is 10.4. The molecule has 2 aromatic heterocycles. The van der Waals surface area contributed by atoms with E-state index >= 15 is 0 Å². The molecule has 2 aromatic rings. The molecule has 252 valence electrons. The van der Waals surface area contributed by atoms with Crippen molar-refractivity contribution in [3.63, 3.8) is 0 Å². The normalized spacial score (nSPS) is 16.3. The molecule has 0 aromatic carbocycles. The number of aromatic nitrogens is 2. The molecule has 6 rings (SSSR count). The van der Waals surface area contributed by atoms with Gasteiger partial charge in [-0.05, 0) is 75.6 Å². The number of pyridine rings is 2. The highest BCUT2D eigenvalue weighted by Gasteiger charge is 2.25. The third-order valence-electron chi connectivity index (χ3n) is 7.75. The summed E-state index contributed by atoms with van der Waals surface area (Å²) < 4.78 is 0. The monoisotopic (exact) mass is 644 g/mol. The Morgan fingerprint density at radius 2 is 0.652 bits per heavy atom. The minimum Gasteiger partial charge on any atom is -0.481 e. The van der Waals surface area contributed by atoms with Gasteiger partial charge in [-0.3, -0.25) is 38.7 Å². The van der Waals surface area contributed by atoms with Crippen molar-refractivity contribution in [3.8, 4) is 0 Å². The van der Waals surface area contributed by atoms with Gasteiger partial charge in [0.05, 0.1) is 23.7 Å². The van der Waals surface area contributed by atoms with Gasteiger partial charge in [-0.25, -0.2) is 0 Å². The zero-order valence-corrected chi connectivity index (χ0v) is 25.7. The van der Waals surface area contributed by atoms with Crippen molar-refractivity contribution in [2.75, 3.05) is 0 Å². The third-order valence-corrected chi connectivity index (χ3v) is 7.75. The van der Waals surface area contributed by atoms with E-state index in [1.54, 1.807) is 24.3 Å². The van der Waals surface area contributed by atoms with E-state index in [4.69, 9.17) is 31.9 Å². The van der Waals surface area contributed by atoms with Crippen LogP contribution in [0.2, 0.25) is 0 Å². The van der Waals surface area contributed by atoms with Gasteiger partial charge in [0, 0.05) is 35.9 Å². The largest absolute Gasteiger partial charge is 0.481 e. The van der Waals surface area contributed by atoms with Gasteiger partial charge in [0.25, 0.3) is 0 Å². The van der Waals surface area contributed by atoms with Gasteiger partial charge >= 0.3 is 23.9 Å². The minimum absolute atomic E-state index is 0.000000000000000444. The van der Waals surface area contributed by atoms with E-state index in [0.29, 0.717) is 11.1 Å². The molecule has 4 aliphatic rings. The van der Waals surface area contributed by atoms with Crippen LogP contribution in [0.4, 0.5) is 0 Å². The van der Waals surface area contributed by atoms with Crippen molar-refractivity contribution in [3.05, 3.63) is 60.2 Å². The lowest BCUT2D eigenvalue weighted by atomic mass is 9.86. The average molecular weight is 645 g/mol. The second kappa shape index (κ2) is 21.8. The van der Waals surface area contributed by atoms with E-state index in [-0.39, 0.29) is 23.7 Å². The number of hydrogen-bond acceptors (Lipinski definition) is 8. The molecule has 2 amide bonds. The van der Waals surface area contributed by atoms with E-state index in [1.165, 1.54) is 24.8 Å². The van der Waals surface area contributed by atoms with Crippen LogP contribution in [0.15, 0.2) is 49.1 Å². The average Bonchev–Trinajstić information content (AvgIpc) is 2.86. The predicted molar refractivity (Wildman–Crippen MR) is 165 cm³/mol. The molecule has 0 bridgehead atoms. The molecule has 0 unspecified atom stereocenters. The number of nitrogens with two attached hydrogens (primary N) is 2. The number of hydrogen-bond donors (Lipinski definition) is 6. The molecule has 8 N–H and O–H groups in total. The van der Waals surface area contributed by atoms with E-state index in [0.717, 1.165) is 77.0 Å². The highest BCUT2D eigenvalue weighted by atomic mass is 16.4. The Kier molecular flexibility index (Phi) is 18.5. The maximum Gasteiger partial charge on any atom is 0.306 e. The summed E-state index contributed by atoms with van der Waals surface area (Å²) in [4.78, 5) is 68.2. The molecular weight excluding hydrogens is 600 g/mol. The van der Waals surface area contributed by atoms with Gasteiger partial charge in [0.2, 0.25) is 11.8 Å². The van der Waals surface area contributed by atoms with Crippen LogP contribution in [0, 0.1) is 23.7 Å². The number of nitrogens with zero attached hydrogens (tertiary/aromatic N) is 2. The van der Waals surface area contributed by atoms with Gasteiger partial charge in [-0.2, -0.15) is 0 Å². The van der Waals surface area contributed by atoms with Crippen molar-refractivity contribution < 1.29 is 49.2 Å². The van der Waals surface area contributed by atoms with E-state index < -0.39 is 35.7 Å². The van der Waals surface area contributed by atoms with Crippen LogP contribution in [0.3, 0.4) is 0 Å². The standard InChI is InChI=1S/2C6H6N2O.4C5H8O2/c2*7-6(9)5-1-3-8-4-2-5;4*6-5(7)4-2-1-3-4/h2*1-4H,(H2,7,9);4*4H,1-3H2,(H,6,7). The van der Waals surface area contributed by atoms with Crippen LogP contribution < -0.4 is 11.5 Å². The van der Waals surface area contributed by atoms with Crippen LogP contribution in [-0.4, -0.2) is 66.1 Å².